The normalized spacial score (nSPS) is 16.9. The highest BCUT2D eigenvalue weighted by Gasteiger charge is 2.35. The van der Waals surface area contributed by atoms with Gasteiger partial charge in [0.25, 0.3) is 5.91 Å². The van der Waals surface area contributed by atoms with Gasteiger partial charge < -0.3 is 20.9 Å². The Morgan fingerprint density at radius 1 is 1.10 bits per heavy atom. The maximum Gasteiger partial charge on any atom is 0.317 e. The Morgan fingerprint density at radius 2 is 1.71 bits per heavy atom. The Labute approximate surface area is 186 Å². The number of likely N-dealkylation sites (tertiary alicyclic amines) is 1. The van der Waals surface area contributed by atoms with Gasteiger partial charge in [-0.2, -0.15) is 0 Å². The van der Waals surface area contributed by atoms with Gasteiger partial charge in [-0.25, -0.2) is 4.79 Å². The molecular weight excluding hydrogens is 392 g/mol. The smallest absolute Gasteiger partial charge is 0.317 e. The number of aryl methyl sites for hydroxylation is 1. The number of urea groups is 1. The summed E-state index contributed by atoms with van der Waals surface area (Å²) in [5.41, 5.74) is 1.15. The van der Waals surface area contributed by atoms with E-state index < -0.39 is 6.04 Å². The second-order valence-corrected chi connectivity index (χ2v) is 9.59. The van der Waals surface area contributed by atoms with E-state index in [1.54, 1.807) is 11.0 Å². The third-order valence-electron chi connectivity index (χ3n) is 5.74. The van der Waals surface area contributed by atoms with Gasteiger partial charge in [-0.3, -0.25) is 9.59 Å². The van der Waals surface area contributed by atoms with Crippen molar-refractivity contribution in [2.24, 2.45) is 5.92 Å². The molecule has 2 unspecified atom stereocenters. The molecule has 7 nitrogen and oxygen atoms in total. The topological polar surface area (TPSA) is 90.5 Å². The van der Waals surface area contributed by atoms with Crippen LogP contribution in [0.2, 0.25) is 0 Å². The van der Waals surface area contributed by atoms with E-state index >= 15 is 0 Å². The van der Waals surface area contributed by atoms with Gasteiger partial charge in [0.1, 0.15) is 6.04 Å². The first kappa shape index (κ1) is 24.7. The standard InChI is InChI=1S/C24H38N4O3/c1-7-17(3)25-22(30)20(26-21(29)19-11-9-8-10-16(19)2)18-12-14-28(15-13-18)23(31)27-24(4,5)6/h8-11,17-18,20H,7,12-15H2,1-6H3,(H,25,30)(H,26,29)(H,27,31). The van der Waals surface area contributed by atoms with Gasteiger partial charge in [0.2, 0.25) is 5.91 Å². The van der Waals surface area contributed by atoms with Gasteiger partial charge in [-0.05, 0) is 71.4 Å². The zero-order valence-electron chi connectivity index (χ0n) is 19.7. The predicted octanol–water partition coefficient (Wildman–Crippen LogP) is 3.23. The average Bonchev–Trinajstić information content (AvgIpc) is 2.70. The molecule has 1 heterocycles. The lowest BCUT2D eigenvalue weighted by Gasteiger charge is -2.37. The predicted molar refractivity (Wildman–Crippen MR) is 123 cm³/mol. The molecule has 0 radical (unpaired) electrons. The summed E-state index contributed by atoms with van der Waals surface area (Å²) in [5, 5.41) is 8.99. The fourth-order valence-electron chi connectivity index (χ4n) is 3.71. The van der Waals surface area contributed by atoms with Gasteiger partial charge >= 0.3 is 6.03 Å². The van der Waals surface area contributed by atoms with E-state index in [9.17, 15) is 14.4 Å². The molecule has 1 fully saturated rings. The Kier molecular flexibility index (Phi) is 8.48. The highest BCUT2D eigenvalue weighted by Crippen LogP contribution is 2.22. The average molecular weight is 431 g/mol. The Balaban J connectivity index is 2.11. The third kappa shape index (κ3) is 7.26. The molecule has 1 aromatic carbocycles. The van der Waals surface area contributed by atoms with Crippen LogP contribution >= 0.6 is 0 Å². The molecule has 2 atom stereocenters. The van der Waals surface area contributed by atoms with E-state index in [2.05, 4.69) is 16.0 Å². The number of benzene rings is 1. The first-order valence-corrected chi connectivity index (χ1v) is 11.3. The fourth-order valence-corrected chi connectivity index (χ4v) is 3.71. The van der Waals surface area contributed by atoms with Crippen molar-refractivity contribution in [3.63, 3.8) is 0 Å². The summed E-state index contributed by atoms with van der Waals surface area (Å²) in [7, 11) is 0. The molecule has 4 amide bonds. The molecular formula is C24H38N4O3. The molecule has 0 saturated carbocycles. The lowest BCUT2D eigenvalue weighted by molar-refractivity contribution is -0.125. The van der Waals surface area contributed by atoms with Crippen molar-refractivity contribution in [3.8, 4) is 0 Å². The van der Waals surface area contributed by atoms with Crippen molar-refractivity contribution < 1.29 is 14.4 Å². The number of carbonyl (C=O) groups is 3. The molecule has 1 aromatic rings. The molecule has 0 spiro atoms. The summed E-state index contributed by atoms with van der Waals surface area (Å²) in [6.45, 7) is 12.8. The monoisotopic (exact) mass is 430 g/mol. The van der Waals surface area contributed by atoms with E-state index in [1.165, 1.54) is 0 Å². The number of amides is 4. The molecule has 0 bridgehead atoms. The molecule has 0 aromatic heterocycles. The van der Waals surface area contributed by atoms with Gasteiger partial charge in [0.15, 0.2) is 0 Å². The molecule has 1 saturated heterocycles. The van der Waals surface area contributed by atoms with Crippen LogP contribution in [0, 0.1) is 12.8 Å². The van der Waals surface area contributed by atoms with Crippen LogP contribution in [0.25, 0.3) is 0 Å². The van der Waals surface area contributed by atoms with Crippen LogP contribution < -0.4 is 16.0 Å². The number of nitrogens with one attached hydrogen (secondary N) is 3. The van der Waals surface area contributed by atoms with Crippen molar-refractivity contribution in [1.29, 1.82) is 0 Å². The summed E-state index contributed by atoms with van der Waals surface area (Å²) in [4.78, 5) is 40.3. The Hall–Kier alpha value is -2.57. The number of carbonyl (C=O) groups excluding carboxylic acids is 3. The molecule has 3 N–H and O–H groups in total. The minimum Gasteiger partial charge on any atom is -0.352 e. The summed E-state index contributed by atoms with van der Waals surface area (Å²) in [6.07, 6.45) is 2.13. The second-order valence-electron chi connectivity index (χ2n) is 9.59. The van der Waals surface area contributed by atoms with E-state index in [1.807, 2.05) is 59.7 Å². The fraction of sp³-hybridized carbons (Fsp3) is 0.625. The van der Waals surface area contributed by atoms with Gasteiger partial charge in [-0.15, -0.1) is 0 Å². The maximum absolute atomic E-state index is 13.0. The van der Waals surface area contributed by atoms with E-state index in [0.717, 1.165) is 12.0 Å². The van der Waals surface area contributed by atoms with Crippen molar-refractivity contribution in [2.75, 3.05) is 13.1 Å². The van der Waals surface area contributed by atoms with Crippen LogP contribution in [0.15, 0.2) is 24.3 Å². The Morgan fingerprint density at radius 3 is 2.26 bits per heavy atom. The molecule has 1 aliphatic heterocycles. The van der Waals surface area contributed by atoms with Crippen LogP contribution in [0.3, 0.4) is 0 Å². The van der Waals surface area contributed by atoms with Crippen LogP contribution in [0.5, 0.6) is 0 Å². The van der Waals surface area contributed by atoms with Crippen molar-refractivity contribution in [1.82, 2.24) is 20.9 Å². The largest absolute Gasteiger partial charge is 0.352 e. The molecule has 1 aliphatic rings. The maximum atomic E-state index is 13.0. The SMILES string of the molecule is CCC(C)NC(=O)C(NC(=O)c1ccccc1C)C1CCN(C(=O)NC(C)(C)C)CC1. The molecule has 7 heteroatoms. The molecule has 0 aliphatic carbocycles. The number of hydrogen-bond acceptors (Lipinski definition) is 3. The first-order chi connectivity index (χ1) is 14.5. The number of nitrogens with zero attached hydrogens (tertiary/aromatic N) is 1. The number of piperidine rings is 1. The van der Waals surface area contributed by atoms with E-state index in [0.29, 0.717) is 31.5 Å². The van der Waals surface area contributed by atoms with Crippen molar-refractivity contribution >= 4 is 17.8 Å². The minimum absolute atomic E-state index is 0.0306. The molecule has 172 valence electrons. The van der Waals surface area contributed by atoms with Crippen LogP contribution in [0.1, 0.15) is 69.8 Å². The van der Waals surface area contributed by atoms with E-state index in [-0.39, 0.29) is 35.3 Å². The van der Waals surface area contributed by atoms with Gasteiger partial charge in [-0.1, -0.05) is 25.1 Å². The van der Waals surface area contributed by atoms with Crippen molar-refractivity contribution in [2.45, 2.75) is 78.4 Å². The van der Waals surface area contributed by atoms with Gasteiger partial charge in [0, 0.05) is 30.2 Å². The highest BCUT2D eigenvalue weighted by molar-refractivity contribution is 5.98. The summed E-state index contributed by atoms with van der Waals surface area (Å²) >= 11 is 0. The van der Waals surface area contributed by atoms with Crippen LogP contribution in [-0.2, 0) is 4.79 Å². The minimum atomic E-state index is -0.631. The number of rotatable bonds is 6. The summed E-state index contributed by atoms with van der Waals surface area (Å²) in [6, 6.07) is 6.68. The lowest BCUT2D eigenvalue weighted by Crippen LogP contribution is -2.56. The zero-order chi connectivity index (χ0) is 23.2. The first-order valence-electron chi connectivity index (χ1n) is 11.3. The quantitative estimate of drug-likeness (QED) is 0.647. The summed E-state index contributed by atoms with van der Waals surface area (Å²) in [5.74, 6) is -0.431. The van der Waals surface area contributed by atoms with Gasteiger partial charge in [0.05, 0.1) is 0 Å². The van der Waals surface area contributed by atoms with Crippen molar-refractivity contribution in [3.05, 3.63) is 35.4 Å². The second kappa shape index (κ2) is 10.6. The molecule has 31 heavy (non-hydrogen) atoms. The van der Waals surface area contributed by atoms with Crippen LogP contribution in [0.4, 0.5) is 4.79 Å². The summed E-state index contributed by atoms with van der Waals surface area (Å²) < 4.78 is 0. The van der Waals surface area contributed by atoms with Crippen LogP contribution in [-0.4, -0.2) is 53.5 Å². The Bertz CT molecular complexity index is 779. The van der Waals surface area contributed by atoms with E-state index in [4.69, 9.17) is 0 Å². The highest BCUT2D eigenvalue weighted by atomic mass is 16.2. The third-order valence-corrected chi connectivity index (χ3v) is 5.74. The number of hydrogen-bond donors (Lipinski definition) is 3. The lowest BCUT2D eigenvalue weighted by atomic mass is 9.88. The molecule has 2 rings (SSSR count). The zero-order valence-corrected chi connectivity index (χ0v) is 19.7.